The molecule has 0 spiro atoms. The fourth-order valence-electron chi connectivity index (χ4n) is 0.174. The maximum atomic E-state index is 10.1. The van der Waals surface area contributed by atoms with Crippen molar-refractivity contribution in [1.82, 2.24) is 0 Å². The van der Waals surface area contributed by atoms with E-state index >= 15 is 0 Å². The van der Waals surface area contributed by atoms with E-state index in [2.05, 4.69) is 36.6 Å². The maximum absolute atomic E-state index is 10.1. The standard InChI is InChI=1S/C4H4Br2O3/c1-9-3(6)2(5)4(7)8/h1H3,(H,7,8)/b3-2+. The summed E-state index contributed by atoms with van der Waals surface area (Å²) >= 11 is 5.65. The molecule has 0 unspecified atom stereocenters. The van der Waals surface area contributed by atoms with Crippen LogP contribution in [0.15, 0.2) is 9.15 Å². The van der Waals surface area contributed by atoms with Crippen LogP contribution in [0.1, 0.15) is 0 Å². The van der Waals surface area contributed by atoms with Crippen molar-refractivity contribution in [3.05, 3.63) is 9.15 Å². The van der Waals surface area contributed by atoms with E-state index in [1.807, 2.05) is 0 Å². The Labute approximate surface area is 68.9 Å². The predicted octanol–water partition coefficient (Wildman–Crippen LogP) is 1.68. The summed E-state index contributed by atoms with van der Waals surface area (Å²) in [6, 6.07) is 0. The quantitative estimate of drug-likeness (QED) is 0.606. The van der Waals surface area contributed by atoms with Gasteiger partial charge in [-0.1, -0.05) is 0 Å². The number of hydrogen-bond acceptors (Lipinski definition) is 2. The first kappa shape index (κ1) is 8.97. The van der Waals surface area contributed by atoms with E-state index < -0.39 is 5.97 Å². The third-order valence-corrected chi connectivity index (χ3v) is 2.49. The zero-order valence-corrected chi connectivity index (χ0v) is 7.69. The van der Waals surface area contributed by atoms with Crippen LogP contribution < -0.4 is 0 Å². The zero-order valence-electron chi connectivity index (χ0n) is 4.52. The van der Waals surface area contributed by atoms with Gasteiger partial charge < -0.3 is 9.84 Å². The molecule has 0 atom stereocenters. The van der Waals surface area contributed by atoms with Crippen LogP contribution in [0.5, 0.6) is 0 Å². The Morgan fingerprint density at radius 1 is 1.56 bits per heavy atom. The van der Waals surface area contributed by atoms with Crippen molar-refractivity contribution >= 4 is 37.8 Å². The highest BCUT2D eigenvalue weighted by atomic mass is 79.9. The van der Waals surface area contributed by atoms with Gasteiger partial charge in [0, 0.05) is 0 Å². The van der Waals surface area contributed by atoms with E-state index in [-0.39, 0.29) is 9.15 Å². The lowest BCUT2D eigenvalue weighted by atomic mass is 10.6. The van der Waals surface area contributed by atoms with Crippen LogP contribution >= 0.6 is 31.9 Å². The van der Waals surface area contributed by atoms with Crippen molar-refractivity contribution in [2.24, 2.45) is 0 Å². The normalized spacial score (nSPS) is 12.3. The fraction of sp³-hybridized carbons (Fsp3) is 0.250. The Kier molecular flexibility index (Phi) is 3.88. The summed E-state index contributed by atoms with van der Waals surface area (Å²) in [7, 11) is 1.37. The summed E-state index contributed by atoms with van der Waals surface area (Å²) < 4.78 is 4.69. The zero-order chi connectivity index (χ0) is 7.44. The highest BCUT2D eigenvalue weighted by Gasteiger charge is 2.07. The van der Waals surface area contributed by atoms with Crippen molar-refractivity contribution in [2.45, 2.75) is 0 Å². The van der Waals surface area contributed by atoms with Gasteiger partial charge in [0.2, 0.25) is 0 Å². The van der Waals surface area contributed by atoms with Crippen LogP contribution in [0, 0.1) is 0 Å². The van der Waals surface area contributed by atoms with E-state index in [1.165, 1.54) is 7.11 Å². The Morgan fingerprint density at radius 3 is 2.11 bits per heavy atom. The number of carboxylic acids is 1. The molecular weight excluding hydrogens is 256 g/mol. The largest absolute Gasteiger partial charge is 0.489 e. The SMILES string of the molecule is CO/C(Br)=C(/Br)C(=O)O. The Morgan fingerprint density at radius 2 is 2.00 bits per heavy atom. The smallest absolute Gasteiger partial charge is 0.347 e. The summed E-state index contributed by atoms with van der Waals surface area (Å²) in [6.07, 6.45) is 0. The van der Waals surface area contributed by atoms with Gasteiger partial charge in [0.15, 0.2) is 9.15 Å². The minimum absolute atomic E-state index is 0.0231. The highest BCUT2D eigenvalue weighted by Crippen LogP contribution is 2.17. The predicted molar refractivity (Wildman–Crippen MR) is 39.5 cm³/mol. The molecule has 0 aromatic carbocycles. The molecule has 5 heteroatoms. The minimum Gasteiger partial charge on any atom is -0.489 e. The van der Waals surface area contributed by atoms with E-state index in [0.717, 1.165) is 0 Å². The number of rotatable bonds is 2. The summed E-state index contributed by atoms with van der Waals surface area (Å²) in [5.41, 5.74) is 0. The molecule has 0 aromatic rings. The first-order chi connectivity index (χ1) is 4.09. The van der Waals surface area contributed by atoms with Gasteiger partial charge in [0.05, 0.1) is 7.11 Å². The highest BCUT2D eigenvalue weighted by molar-refractivity contribution is 9.14. The molecule has 0 aliphatic rings. The molecule has 52 valence electrons. The molecule has 0 heterocycles. The summed E-state index contributed by atoms with van der Waals surface area (Å²) in [5, 5.41) is 8.27. The third-order valence-electron chi connectivity index (χ3n) is 0.540. The van der Waals surface area contributed by atoms with E-state index in [0.29, 0.717) is 0 Å². The number of ether oxygens (including phenoxy) is 1. The van der Waals surface area contributed by atoms with E-state index in [4.69, 9.17) is 5.11 Å². The summed E-state index contributed by atoms with van der Waals surface area (Å²) in [6.45, 7) is 0. The molecule has 9 heavy (non-hydrogen) atoms. The van der Waals surface area contributed by atoms with Gasteiger partial charge in [0.25, 0.3) is 0 Å². The van der Waals surface area contributed by atoms with Crippen molar-refractivity contribution in [3.63, 3.8) is 0 Å². The first-order valence-electron chi connectivity index (χ1n) is 1.92. The first-order valence-corrected chi connectivity index (χ1v) is 3.50. The Hall–Kier alpha value is -0.0300. The second-order valence-electron chi connectivity index (χ2n) is 1.10. The Balaban J connectivity index is 4.28. The van der Waals surface area contributed by atoms with Crippen LogP contribution in [0.25, 0.3) is 0 Å². The molecule has 0 fully saturated rings. The monoisotopic (exact) mass is 258 g/mol. The van der Waals surface area contributed by atoms with Gasteiger partial charge in [0.1, 0.15) is 0 Å². The van der Waals surface area contributed by atoms with Crippen LogP contribution in [0.2, 0.25) is 0 Å². The summed E-state index contributed by atoms with van der Waals surface area (Å²) in [4.78, 5) is 10.1. The third kappa shape index (κ3) is 2.86. The number of hydrogen-bond donors (Lipinski definition) is 1. The van der Waals surface area contributed by atoms with Gasteiger partial charge in [-0.3, -0.25) is 0 Å². The second kappa shape index (κ2) is 3.90. The number of halogens is 2. The summed E-state index contributed by atoms with van der Waals surface area (Å²) in [5.74, 6) is -1.07. The number of methoxy groups -OCH3 is 1. The molecule has 3 nitrogen and oxygen atoms in total. The molecule has 0 saturated heterocycles. The fourth-order valence-corrected chi connectivity index (χ4v) is 0.505. The number of aliphatic carboxylic acids is 1. The van der Waals surface area contributed by atoms with Crippen molar-refractivity contribution in [1.29, 1.82) is 0 Å². The lowest BCUT2D eigenvalue weighted by Gasteiger charge is -1.95. The van der Waals surface area contributed by atoms with Crippen LogP contribution in [-0.4, -0.2) is 18.2 Å². The molecule has 1 N–H and O–H groups in total. The molecule has 0 rings (SSSR count). The molecule has 0 saturated carbocycles. The van der Waals surface area contributed by atoms with Crippen LogP contribution in [0.3, 0.4) is 0 Å². The topological polar surface area (TPSA) is 46.5 Å². The molecule has 0 aliphatic heterocycles. The molecular formula is C4H4Br2O3. The van der Waals surface area contributed by atoms with Gasteiger partial charge in [-0.05, 0) is 31.9 Å². The number of carboxylic acid groups (broad SMARTS) is 1. The van der Waals surface area contributed by atoms with Gasteiger partial charge in [-0.25, -0.2) is 4.79 Å². The van der Waals surface area contributed by atoms with Crippen molar-refractivity contribution in [2.75, 3.05) is 7.11 Å². The van der Waals surface area contributed by atoms with Crippen molar-refractivity contribution in [3.8, 4) is 0 Å². The molecule has 0 amide bonds. The minimum atomic E-state index is -1.07. The van der Waals surface area contributed by atoms with E-state index in [1.54, 1.807) is 0 Å². The second-order valence-corrected chi connectivity index (χ2v) is 2.61. The van der Waals surface area contributed by atoms with Gasteiger partial charge in [-0.15, -0.1) is 0 Å². The molecule has 0 aromatic heterocycles. The van der Waals surface area contributed by atoms with Crippen LogP contribution in [-0.2, 0) is 9.53 Å². The average Bonchev–Trinajstić information content (AvgIpc) is 1.84. The maximum Gasteiger partial charge on any atom is 0.347 e. The Bertz CT molecular complexity index is 152. The molecule has 0 aliphatic carbocycles. The van der Waals surface area contributed by atoms with Gasteiger partial charge in [-0.2, -0.15) is 0 Å². The van der Waals surface area contributed by atoms with Gasteiger partial charge >= 0.3 is 5.97 Å². The number of carbonyl (C=O) groups is 1. The molecule has 0 radical (unpaired) electrons. The van der Waals surface area contributed by atoms with E-state index in [9.17, 15) is 4.79 Å². The molecule has 0 bridgehead atoms. The van der Waals surface area contributed by atoms with Crippen LogP contribution in [0.4, 0.5) is 0 Å². The average molecular weight is 260 g/mol. The lowest BCUT2D eigenvalue weighted by molar-refractivity contribution is -0.131. The lowest BCUT2D eigenvalue weighted by Crippen LogP contribution is -1.95. The van der Waals surface area contributed by atoms with Crippen molar-refractivity contribution < 1.29 is 14.6 Å².